The Hall–Kier alpha value is -1.81. The fourth-order valence-electron chi connectivity index (χ4n) is 2.13. The molecule has 19 heavy (non-hydrogen) atoms. The lowest BCUT2D eigenvalue weighted by Gasteiger charge is -2.26. The summed E-state index contributed by atoms with van der Waals surface area (Å²) < 4.78 is 0. The molecule has 0 saturated heterocycles. The summed E-state index contributed by atoms with van der Waals surface area (Å²) in [5.74, 6) is -0.0789. The number of para-hydroxylation sites is 1. The monoisotopic (exact) mass is 259 g/mol. The third-order valence-electron chi connectivity index (χ3n) is 3.84. The fourth-order valence-corrected chi connectivity index (χ4v) is 2.13. The van der Waals surface area contributed by atoms with Crippen LogP contribution in [0, 0.1) is 0 Å². The van der Waals surface area contributed by atoms with Gasteiger partial charge in [-0.3, -0.25) is 4.79 Å². The second kappa shape index (κ2) is 5.45. The molecule has 0 atom stereocenters. The number of carbonyl (C=O) groups excluding carboxylic acids is 1. The molecule has 1 aromatic carbocycles. The van der Waals surface area contributed by atoms with Gasteiger partial charge in [0.25, 0.3) is 5.91 Å². The molecule has 4 nitrogen and oxygen atoms in total. The lowest BCUT2D eigenvalue weighted by molar-refractivity contribution is 0.0943. The van der Waals surface area contributed by atoms with Crippen molar-refractivity contribution in [1.29, 1.82) is 0 Å². The molecule has 2 aromatic rings. The van der Waals surface area contributed by atoms with Crippen LogP contribution in [0.4, 0.5) is 0 Å². The summed E-state index contributed by atoms with van der Waals surface area (Å²) >= 11 is 0. The lowest BCUT2D eigenvalue weighted by atomic mass is 9.94. The number of fused-ring (bicyclic) bond motifs is 1. The van der Waals surface area contributed by atoms with E-state index in [1.165, 1.54) is 0 Å². The third-order valence-corrected chi connectivity index (χ3v) is 3.84. The highest BCUT2D eigenvalue weighted by atomic mass is 16.1. The van der Waals surface area contributed by atoms with Crippen LogP contribution in [-0.4, -0.2) is 23.0 Å². The van der Waals surface area contributed by atoms with Crippen molar-refractivity contribution in [2.24, 2.45) is 5.73 Å². The Bertz CT molecular complexity index is 570. The van der Waals surface area contributed by atoms with Crippen molar-refractivity contribution in [3.05, 3.63) is 36.0 Å². The topological polar surface area (TPSA) is 70.9 Å². The zero-order chi connectivity index (χ0) is 13.9. The molecule has 1 aromatic heterocycles. The molecule has 0 unspecified atom stereocenters. The smallest absolute Gasteiger partial charge is 0.253 e. The van der Waals surface area contributed by atoms with Crippen LogP contribution in [0.25, 0.3) is 10.9 Å². The van der Waals surface area contributed by atoms with Crippen LogP contribution in [0.2, 0.25) is 0 Å². The van der Waals surface area contributed by atoms with Crippen molar-refractivity contribution in [2.45, 2.75) is 32.2 Å². The summed E-state index contributed by atoms with van der Waals surface area (Å²) in [6.45, 7) is 4.58. The Kier molecular flexibility index (Phi) is 3.90. The van der Waals surface area contributed by atoms with Gasteiger partial charge < -0.3 is 16.0 Å². The van der Waals surface area contributed by atoms with E-state index in [0.717, 1.165) is 23.7 Å². The summed E-state index contributed by atoms with van der Waals surface area (Å²) in [6, 6.07) is 7.65. The minimum absolute atomic E-state index is 0.0789. The van der Waals surface area contributed by atoms with Crippen molar-refractivity contribution < 1.29 is 4.79 Å². The maximum Gasteiger partial charge on any atom is 0.253 e. The van der Waals surface area contributed by atoms with Crippen LogP contribution in [-0.2, 0) is 0 Å². The fraction of sp³-hybridized carbons (Fsp3) is 0.400. The second-order valence-corrected chi connectivity index (χ2v) is 5.00. The Morgan fingerprint density at radius 3 is 2.74 bits per heavy atom. The van der Waals surface area contributed by atoms with E-state index in [4.69, 9.17) is 5.73 Å². The molecule has 0 radical (unpaired) electrons. The number of H-pyrrole nitrogens is 1. The minimum Gasteiger partial charge on any atom is -0.361 e. The maximum absolute atomic E-state index is 12.2. The van der Waals surface area contributed by atoms with Crippen LogP contribution in [0.5, 0.6) is 0 Å². The van der Waals surface area contributed by atoms with Crippen LogP contribution in [0.3, 0.4) is 0 Å². The number of rotatable bonds is 5. The van der Waals surface area contributed by atoms with Crippen molar-refractivity contribution in [2.75, 3.05) is 6.54 Å². The maximum atomic E-state index is 12.2. The predicted octanol–water partition coefficient (Wildman–Crippen LogP) is 2.42. The molecule has 0 spiro atoms. The van der Waals surface area contributed by atoms with E-state index in [9.17, 15) is 4.79 Å². The molecule has 1 amide bonds. The Labute approximate surface area is 113 Å². The second-order valence-electron chi connectivity index (χ2n) is 5.00. The highest BCUT2D eigenvalue weighted by Gasteiger charge is 2.21. The van der Waals surface area contributed by atoms with Gasteiger partial charge in [0.1, 0.15) is 0 Å². The van der Waals surface area contributed by atoms with E-state index in [1.54, 1.807) is 0 Å². The molecule has 2 rings (SSSR count). The van der Waals surface area contributed by atoms with Gasteiger partial charge in [-0.25, -0.2) is 0 Å². The van der Waals surface area contributed by atoms with Crippen LogP contribution in [0.15, 0.2) is 30.5 Å². The first-order valence-electron chi connectivity index (χ1n) is 6.73. The van der Waals surface area contributed by atoms with Gasteiger partial charge >= 0.3 is 0 Å². The normalized spacial score (nSPS) is 11.7. The Morgan fingerprint density at radius 2 is 2.05 bits per heavy atom. The standard InChI is InChI=1S/C15H21N3O/c1-3-15(16,4-2)10-18-14(19)12-7-5-6-11-8-9-17-13(11)12/h5-9,17H,3-4,10,16H2,1-2H3,(H,18,19). The van der Waals surface area contributed by atoms with E-state index >= 15 is 0 Å². The molecule has 0 aliphatic carbocycles. The van der Waals surface area contributed by atoms with E-state index in [1.807, 2.05) is 44.3 Å². The average Bonchev–Trinajstić information content (AvgIpc) is 2.92. The van der Waals surface area contributed by atoms with Crippen molar-refractivity contribution in [1.82, 2.24) is 10.3 Å². The quantitative estimate of drug-likeness (QED) is 0.771. The summed E-state index contributed by atoms with van der Waals surface area (Å²) in [6.07, 6.45) is 3.53. The summed E-state index contributed by atoms with van der Waals surface area (Å²) in [4.78, 5) is 15.4. The number of benzene rings is 1. The van der Waals surface area contributed by atoms with E-state index < -0.39 is 0 Å². The van der Waals surface area contributed by atoms with Crippen LogP contribution < -0.4 is 11.1 Å². The first kappa shape index (κ1) is 13.6. The van der Waals surface area contributed by atoms with Gasteiger partial charge in [0.2, 0.25) is 0 Å². The van der Waals surface area contributed by atoms with E-state index in [-0.39, 0.29) is 11.4 Å². The van der Waals surface area contributed by atoms with E-state index in [0.29, 0.717) is 12.1 Å². The zero-order valence-corrected chi connectivity index (χ0v) is 11.5. The molecule has 0 aliphatic rings. The molecule has 0 saturated carbocycles. The number of amides is 1. The van der Waals surface area contributed by atoms with Crippen molar-refractivity contribution in [3.8, 4) is 0 Å². The number of hydrogen-bond donors (Lipinski definition) is 3. The number of hydrogen-bond acceptors (Lipinski definition) is 2. The van der Waals surface area contributed by atoms with Crippen LogP contribution in [0.1, 0.15) is 37.0 Å². The lowest BCUT2D eigenvalue weighted by Crippen LogP contribution is -2.49. The Balaban J connectivity index is 2.14. The number of carbonyl (C=O) groups is 1. The highest BCUT2D eigenvalue weighted by Crippen LogP contribution is 2.17. The van der Waals surface area contributed by atoms with Crippen molar-refractivity contribution in [3.63, 3.8) is 0 Å². The van der Waals surface area contributed by atoms with Crippen molar-refractivity contribution >= 4 is 16.8 Å². The highest BCUT2D eigenvalue weighted by molar-refractivity contribution is 6.05. The molecular weight excluding hydrogens is 238 g/mol. The molecule has 1 heterocycles. The number of aromatic nitrogens is 1. The number of nitrogens with one attached hydrogen (secondary N) is 2. The average molecular weight is 259 g/mol. The predicted molar refractivity (Wildman–Crippen MR) is 78.1 cm³/mol. The number of aromatic amines is 1. The summed E-state index contributed by atoms with van der Waals surface area (Å²) in [5, 5.41) is 3.98. The molecule has 102 valence electrons. The van der Waals surface area contributed by atoms with Gasteiger partial charge in [0.15, 0.2) is 0 Å². The van der Waals surface area contributed by atoms with Gasteiger partial charge in [-0.2, -0.15) is 0 Å². The molecular formula is C15H21N3O. The van der Waals surface area contributed by atoms with Gasteiger partial charge in [-0.05, 0) is 25.0 Å². The SMILES string of the molecule is CCC(N)(CC)CNC(=O)c1cccc2cc[nH]c12. The van der Waals surface area contributed by atoms with Gasteiger partial charge in [0.05, 0.1) is 11.1 Å². The first-order chi connectivity index (χ1) is 9.09. The summed E-state index contributed by atoms with van der Waals surface area (Å²) in [7, 11) is 0. The molecule has 4 heteroatoms. The zero-order valence-electron chi connectivity index (χ0n) is 11.5. The Morgan fingerprint density at radius 1 is 1.32 bits per heavy atom. The summed E-state index contributed by atoms with van der Waals surface area (Å²) in [5.41, 5.74) is 7.41. The molecule has 0 bridgehead atoms. The largest absolute Gasteiger partial charge is 0.361 e. The van der Waals surface area contributed by atoms with Gasteiger partial charge in [0, 0.05) is 23.7 Å². The van der Waals surface area contributed by atoms with E-state index in [2.05, 4.69) is 10.3 Å². The molecule has 4 N–H and O–H groups in total. The minimum atomic E-state index is -0.320. The molecule has 0 aliphatic heterocycles. The third kappa shape index (κ3) is 2.79. The van der Waals surface area contributed by atoms with Crippen LogP contribution >= 0.6 is 0 Å². The first-order valence-corrected chi connectivity index (χ1v) is 6.73. The number of nitrogens with two attached hydrogens (primary N) is 1. The van der Waals surface area contributed by atoms with Gasteiger partial charge in [-0.15, -0.1) is 0 Å². The molecule has 0 fully saturated rings. The van der Waals surface area contributed by atoms with Gasteiger partial charge in [-0.1, -0.05) is 26.0 Å².